The zero-order chi connectivity index (χ0) is 17.1. The molecule has 6 nitrogen and oxygen atoms in total. The third-order valence-electron chi connectivity index (χ3n) is 4.72. The van der Waals surface area contributed by atoms with Gasteiger partial charge in [-0.3, -0.25) is 10.00 Å². The number of hydrogen-bond donors (Lipinski definition) is 1. The fourth-order valence-corrected chi connectivity index (χ4v) is 3.48. The van der Waals surface area contributed by atoms with Gasteiger partial charge in [-0.25, -0.2) is 0 Å². The molecule has 0 aliphatic carbocycles. The van der Waals surface area contributed by atoms with Crippen molar-refractivity contribution in [1.29, 1.82) is 0 Å². The molecule has 1 aliphatic heterocycles. The van der Waals surface area contributed by atoms with Crippen LogP contribution >= 0.6 is 0 Å². The molecule has 0 bridgehead atoms. The van der Waals surface area contributed by atoms with Gasteiger partial charge in [0.25, 0.3) is 0 Å². The zero-order valence-corrected chi connectivity index (χ0v) is 14.5. The Kier molecular flexibility index (Phi) is 4.61. The maximum absolute atomic E-state index is 5.46. The van der Waals surface area contributed by atoms with Gasteiger partial charge in [0.05, 0.1) is 12.2 Å². The summed E-state index contributed by atoms with van der Waals surface area (Å²) >= 11 is 0. The van der Waals surface area contributed by atoms with Crippen LogP contribution in [0.4, 0.5) is 0 Å². The minimum atomic E-state index is 0.477. The molecule has 1 saturated heterocycles. The van der Waals surface area contributed by atoms with E-state index in [1.165, 1.54) is 18.4 Å². The maximum atomic E-state index is 5.46. The number of piperidine rings is 1. The number of aryl methyl sites for hydroxylation is 1. The lowest BCUT2D eigenvalue weighted by molar-refractivity contribution is 0.175. The molecule has 130 valence electrons. The van der Waals surface area contributed by atoms with Crippen molar-refractivity contribution in [3.05, 3.63) is 65.1 Å². The number of likely N-dealkylation sites (tertiary alicyclic amines) is 1. The third-order valence-corrected chi connectivity index (χ3v) is 4.72. The second-order valence-electron chi connectivity index (χ2n) is 6.82. The molecule has 0 radical (unpaired) electrons. The molecule has 6 heteroatoms. The number of benzene rings is 1. The number of hydrogen-bond acceptors (Lipinski definition) is 5. The van der Waals surface area contributed by atoms with Crippen LogP contribution < -0.4 is 0 Å². The first-order chi connectivity index (χ1) is 12.3. The summed E-state index contributed by atoms with van der Waals surface area (Å²) < 4.78 is 5.46. The molecule has 3 aromatic rings. The smallest absolute Gasteiger partial charge is 0.240 e. The second-order valence-corrected chi connectivity index (χ2v) is 6.82. The number of H-pyrrole nitrogens is 1. The molecule has 1 fully saturated rings. The van der Waals surface area contributed by atoms with E-state index in [0.29, 0.717) is 24.8 Å². The van der Waals surface area contributed by atoms with Crippen LogP contribution in [0, 0.1) is 6.92 Å². The summed E-state index contributed by atoms with van der Waals surface area (Å²) in [6.07, 6.45) is 3.06. The van der Waals surface area contributed by atoms with Gasteiger partial charge in [0.1, 0.15) is 0 Å². The Hall–Kier alpha value is -2.47. The van der Waals surface area contributed by atoms with E-state index in [9.17, 15) is 0 Å². The summed E-state index contributed by atoms with van der Waals surface area (Å²) in [5.74, 6) is 1.92. The first-order valence-electron chi connectivity index (χ1n) is 8.86. The van der Waals surface area contributed by atoms with E-state index in [4.69, 9.17) is 4.52 Å². The molecule has 1 aromatic carbocycles. The lowest BCUT2D eigenvalue weighted by Crippen LogP contribution is -2.34. The van der Waals surface area contributed by atoms with Crippen LogP contribution in [0.15, 0.2) is 40.9 Å². The first-order valence-corrected chi connectivity index (χ1v) is 8.86. The number of aromatic nitrogens is 4. The Labute approximate surface area is 147 Å². The van der Waals surface area contributed by atoms with Crippen molar-refractivity contribution >= 4 is 0 Å². The van der Waals surface area contributed by atoms with E-state index < -0.39 is 0 Å². The number of nitrogens with one attached hydrogen (secondary N) is 1. The van der Waals surface area contributed by atoms with E-state index >= 15 is 0 Å². The molecule has 0 saturated carbocycles. The molecule has 25 heavy (non-hydrogen) atoms. The van der Waals surface area contributed by atoms with Crippen molar-refractivity contribution in [3.8, 4) is 0 Å². The third kappa shape index (κ3) is 3.96. The largest absolute Gasteiger partial charge is 0.338 e. The van der Waals surface area contributed by atoms with Crippen molar-refractivity contribution in [2.45, 2.75) is 38.6 Å². The minimum absolute atomic E-state index is 0.477. The molecule has 1 aliphatic rings. The summed E-state index contributed by atoms with van der Waals surface area (Å²) in [7, 11) is 0. The Morgan fingerprint density at radius 2 is 2.16 bits per heavy atom. The Morgan fingerprint density at radius 1 is 1.28 bits per heavy atom. The number of aromatic amines is 1. The van der Waals surface area contributed by atoms with Crippen molar-refractivity contribution in [3.63, 3.8) is 0 Å². The molecule has 4 rings (SSSR count). The van der Waals surface area contributed by atoms with Gasteiger partial charge in [0, 0.05) is 24.6 Å². The summed E-state index contributed by atoms with van der Waals surface area (Å²) in [6, 6.07) is 12.4. The number of nitrogens with zero attached hydrogens (tertiary/aromatic N) is 4. The molecule has 0 amide bonds. The van der Waals surface area contributed by atoms with E-state index in [0.717, 1.165) is 30.3 Å². The van der Waals surface area contributed by atoms with Crippen LogP contribution in [-0.2, 0) is 13.0 Å². The Balaban J connectivity index is 1.37. The average Bonchev–Trinajstić information content (AvgIpc) is 3.25. The van der Waals surface area contributed by atoms with E-state index in [1.807, 2.05) is 25.1 Å². The fourth-order valence-electron chi connectivity index (χ4n) is 3.48. The van der Waals surface area contributed by atoms with Crippen molar-refractivity contribution < 1.29 is 4.52 Å². The van der Waals surface area contributed by atoms with Crippen molar-refractivity contribution in [2.24, 2.45) is 0 Å². The van der Waals surface area contributed by atoms with E-state index in [-0.39, 0.29) is 0 Å². The molecule has 1 N–H and O–H groups in total. The summed E-state index contributed by atoms with van der Waals surface area (Å²) in [6.45, 7) is 4.81. The summed E-state index contributed by atoms with van der Waals surface area (Å²) in [5, 5.41) is 11.6. The highest BCUT2D eigenvalue weighted by atomic mass is 16.5. The van der Waals surface area contributed by atoms with Crippen LogP contribution in [0.5, 0.6) is 0 Å². The average molecular weight is 337 g/mol. The van der Waals surface area contributed by atoms with Gasteiger partial charge in [0.15, 0.2) is 5.82 Å². The van der Waals surface area contributed by atoms with Gasteiger partial charge in [0.2, 0.25) is 5.89 Å². The summed E-state index contributed by atoms with van der Waals surface area (Å²) in [4.78, 5) is 6.95. The van der Waals surface area contributed by atoms with Crippen LogP contribution in [-0.4, -0.2) is 38.3 Å². The van der Waals surface area contributed by atoms with Crippen LogP contribution in [0.3, 0.4) is 0 Å². The van der Waals surface area contributed by atoms with Gasteiger partial charge in [-0.2, -0.15) is 10.1 Å². The number of rotatable bonds is 5. The lowest BCUT2D eigenvalue weighted by atomic mass is 9.95. The van der Waals surface area contributed by atoms with Gasteiger partial charge < -0.3 is 4.52 Å². The Bertz CT molecular complexity index is 810. The standard InChI is InChI=1S/C19H23N5O/c1-14-10-17(22-21-14)16-8-5-9-24(12-16)13-19-20-18(23-25-19)11-15-6-3-2-4-7-15/h2-4,6-7,10,16H,5,8-9,11-13H2,1H3,(H,21,22)/t16-/m0/s1. The molecule has 1 atom stereocenters. The Morgan fingerprint density at radius 3 is 2.96 bits per heavy atom. The quantitative estimate of drug-likeness (QED) is 0.775. The molecule has 3 heterocycles. The van der Waals surface area contributed by atoms with Crippen LogP contribution in [0.2, 0.25) is 0 Å². The highest BCUT2D eigenvalue weighted by molar-refractivity contribution is 5.18. The van der Waals surface area contributed by atoms with E-state index in [2.05, 4.69) is 43.4 Å². The first kappa shape index (κ1) is 16.0. The van der Waals surface area contributed by atoms with Gasteiger partial charge >= 0.3 is 0 Å². The second kappa shape index (κ2) is 7.19. The minimum Gasteiger partial charge on any atom is -0.338 e. The van der Waals surface area contributed by atoms with E-state index in [1.54, 1.807) is 0 Å². The normalized spacial score (nSPS) is 18.5. The predicted octanol–water partition coefficient (Wildman–Crippen LogP) is 3.07. The predicted molar refractivity (Wildman–Crippen MR) is 94.1 cm³/mol. The maximum Gasteiger partial charge on any atom is 0.240 e. The molecular weight excluding hydrogens is 314 g/mol. The molecular formula is C19H23N5O. The summed E-state index contributed by atoms with van der Waals surface area (Å²) in [5.41, 5.74) is 3.48. The van der Waals surface area contributed by atoms with Crippen LogP contribution in [0.25, 0.3) is 0 Å². The molecule has 2 aromatic heterocycles. The molecule has 0 unspecified atom stereocenters. The highest BCUT2D eigenvalue weighted by Crippen LogP contribution is 2.26. The topological polar surface area (TPSA) is 70.8 Å². The molecule has 0 spiro atoms. The monoisotopic (exact) mass is 337 g/mol. The lowest BCUT2D eigenvalue weighted by Gasteiger charge is -2.30. The van der Waals surface area contributed by atoms with Crippen molar-refractivity contribution in [2.75, 3.05) is 13.1 Å². The highest BCUT2D eigenvalue weighted by Gasteiger charge is 2.24. The van der Waals surface area contributed by atoms with Gasteiger partial charge in [-0.1, -0.05) is 35.5 Å². The SMILES string of the molecule is Cc1cc([C@H]2CCCN(Cc3nc(Cc4ccccc4)no3)C2)n[nH]1. The van der Waals surface area contributed by atoms with Gasteiger partial charge in [-0.05, 0) is 37.9 Å². The fraction of sp³-hybridized carbons (Fsp3) is 0.421. The van der Waals surface area contributed by atoms with Crippen LogP contribution in [0.1, 0.15) is 47.4 Å². The van der Waals surface area contributed by atoms with Crippen molar-refractivity contribution in [1.82, 2.24) is 25.2 Å². The zero-order valence-electron chi connectivity index (χ0n) is 14.5. The van der Waals surface area contributed by atoms with Gasteiger partial charge in [-0.15, -0.1) is 0 Å².